The molecule has 0 aliphatic carbocycles. The number of alkyl halides is 2. The summed E-state index contributed by atoms with van der Waals surface area (Å²) in [6.07, 6.45) is -4.69. The van der Waals surface area contributed by atoms with Crippen LogP contribution in [0.2, 0.25) is 0 Å². The SMILES string of the molecule is COC(=S)N1CCN(c2ccc(N3C[C@H](CNC(=O)C(F)F)OC3=O)cc2F)CC1. The van der Waals surface area contributed by atoms with Gasteiger partial charge < -0.3 is 24.6 Å². The van der Waals surface area contributed by atoms with Crippen molar-refractivity contribution in [2.45, 2.75) is 12.5 Å². The van der Waals surface area contributed by atoms with Gasteiger partial charge in [-0.15, -0.1) is 0 Å². The van der Waals surface area contributed by atoms with Crippen LogP contribution in [0.25, 0.3) is 0 Å². The second-order valence-corrected chi connectivity index (χ2v) is 7.09. The first kappa shape index (κ1) is 21.9. The van der Waals surface area contributed by atoms with E-state index < -0.39 is 30.3 Å². The number of nitrogens with one attached hydrogen (secondary N) is 1. The number of halogens is 3. The second kappa shape index (κ2) is 9.37. The van der Waals surface area contributed by atoms with E-state index >= 15 is 0 Å². The van der Waals surface area contributed by atoms with E-state index in [1.165, 1.54) is 18.1 Å². The molecule has 2 aliphatic rings. The summed E-state index contributed by atoms with van der Waals surface area (Å²) in [6, 6.07) is 4.39. The monoisotopic (exact) mass is 446 g/mol. The number of anilines is 2. The van der Waals surface area contributed by atoms with Gasteiger partial charge in [0.05, 0.1) is 31.6 Å². The lowest BCUT2D eigenvalue weighted by Gasteiger charge is -2.36. The van der Waals surface area contributed by atoms with Gasteiger partial charge in [0, 0.05) is 26.2 Å². The number of carbonyl (C=O) groups excluding carboxylic acids is 2. The van der Waals surface area contributed by atoms with Gasteiger partial charge in [0.2, 0.25) is 0 Å². The van der Waals surface area contributed by atoms with E-state index in [1.807, 2.05) is 15.1 Å². The van der Waals surface area contributed by atoms with Gasteiger partial charge in [0.25, 0.3) is 11.1 Å². The fraction of sp³-hybridized carbons (Fsp3) is 0.500. The van der Waals surface area contributed by atoms with Crippen LogP contribution in [0, 0.1) is 5.82 Å². The summed E-state index contributed by atoms with van der Waals surface area (Å²) >= 11 is 5.10. The third-order valence-electron chi connectivity index (χ3n) is 4.87. The average Bonchev–Trinajstić information content (AvgIpc) is 3.12. The van der Waals surface area contributed by atoms with Crippen molar-refractivity contribution in [1.82, 2.24) is 10.2 Å². The van der Waals surface area contributed by atoms with Crippen LogP contribution in [-0.2, 0) is 14.3 Å². The number of methoxy groups -OCH3 is 1. The molecule has 8 nitrogen and oxygen atoms in total. The number of cyclic esters (lactones) is 1. The number of thiocarbonyl (C=S) groups is 1. The van der Waals surface area contributed by atoms with Gasteiger partial charge in [-0.1, -0.05) is 0 Å². The number of hydrogen-bond donors (Lipinski definition) is 1. The minimum Gasteiger partial charge on any atom is -0.474 e. The van der Waals surface area contributed by atoms with E-state index in [2.05, 4.69) is 0 Å². The smallest absolute Gasteiger partial charge is 0.414 e. The van der Waals surface area contributed by atoms with Crippen LogP contribution < -0.4 is 15.1 Å². The predicted octanol–water partition coefficient (Wildman–Crippen LogP) is 1.59. The lowest BCUT2D eigenvalue weighted by atomic mass is 10.2. The van der Waals surface area contributed by atoms with Crippen molar-refractivity contribution in [3.8, 4) is 0 Å². The topological polar surface area (TPSA) is 74.3 Å². The van der Waals surface area contributed by atoms with Crippen LogP contribution in [0.3, 0.4) is 0 Å². The number of piperazine rings is 1. The number of ether oxygens (including phenoxy) is 2. The van der Waals surface area contributed by atoms with Crippen LogP contribution in [0.15, 0.2) is 18.2 Å². The molecule has 2 heterocycles. The van der Waals surface area contributed by atoms with Gasteiger partial charge in [-0.05, 0) is 30.4 Å². The van der Waals surface area contributed by atoms with Crippen LogP contribution in [0.1, 0.15) is 0 Å². The third kappa shape index (κ3) is 4.86. The van der Waals surface area contributed by atoms with Crippen molar-refractivity contribution >= 4 is 40.8 Å². The Bertz CT molecular complexity index is 821. The summed E-state index contributed by atoms with van der Waals surface area (Å²) < 4.78 is 49.3. The zero-order valence-electron chi connectivity index (χ0n) is 16.1. The van der Waals surface area contributed by atoms with E-state index in [0.29, 0.717) is 37.0 Å². The van der Waals surface area contributed by atoms with Gasteiger partial charge in [0.1, 0.15) is 11.9 Å². The highest BCUT2D eigenvalue weighted by molar-refractivity contribution is 7.80. The summed E-state index contributed by atoms with van der Waals surface area (Å²) in [5.74, 6) is -1.94. The number of hydrogen-bond acceptors (Lipinski definition) is 6. The van der Waals surface area contributed by atoms with Crippen LogP contribution in [0.4, 0.5) is 29.3 Å². The molecule has 2 amide bonds. The maximum Gasteiger partial charge on any atom is 0.414 e. The molecule has 1 aromatic carbocycles. The molecule has 0 saturated carbocycles. The summed E-state index contributed by atoms with van der Waals surface area (Å²) in [7, 11) is 1.51. The van der Waals surface area contributed by atoms with Gasteiger partial charge in [-0.2, -0.15) is 8.78 Å². The van der Waals surface area contributed by atoms with Crippen molar-refractivity contribution in [3.05, 3.63) is 24.0 Å². The Kier molecular flexibility index (Phi) is 6.85. The molecule has 0 spiro atoms. The first-order valence-electron chi connectivity index (χ1n) is 9.21. The fourth-order valence-corrected chi connectivity index (χ4v) is 3.49. The number of rotatable bonds is 5. The zero-order valence-corrected chi connectivity index (χ0v) is 17.0. The minimum absolute atomic E-state index is 0.00821. The fourth-order valence-electron chi connectivity index (χ4n) is 3.31. The second-order valence-electron chi connectivity index (χ2n) is 6.74. The van der Waals surface area contributed by atoms with Gasteiger partial charge in [-0.3, -0.25) is 9.69 Å². The molecule has 0 unspecified atom stereocenters. The Labute approximate surface area is 176 Å². The highest BCUT2D eigenvalue weighted by Gasteiger charge is 2.33. The quantitative estimate of drug-likeness (QED) is 0.689. The molecule has 1 aromatic rings. The Hall–Kier alpha value is -2.76. The molecule has 0 radical (unpaired) electrons. The molecule has 12 heteroatoms. The van der Waals surface area contributed by atoms with E-state index in [4.69, 9.17) is 21.7 Å². The Morgan fingerprint density at radius 2 is 2.03 bits per heavy atom. The van der Waals surface area contributed by atoms with Gasteiger partial charge in [-0.25, -0.2) is 9.18 Å². The van der Waals surface area contributed by atoms with Gasteiger partial charge >= 0.3 is 12.5 Å². The van der Waals surface area contributed by atoms with Crippen LogP contribution >= 0.6 is 12.2 Å². The molecule has 2 saturated heterocycles. The highest BCUT2D eigenvalue weighted by atomic mass is 32.1. The van der Waals surface area contributed by atoms with Crippen molar-refractivity contribution in [3.63, 3.8) is 0 Å². The van der Waals surface area contributed by atoms with E-state index in [-0.39, 0.29) is 18.8 Å². The number of amides is 2. The molecule has 30 heavy (non-hydrogen) atoms. The first-order valence-corrected chi connectivity index (χ1v) is 9.62. The zero-order chi connectivity index (χ0) is 21.8. The highest BCUT2D eigenvalue weighted by Crippen LogP contribution is 2.28. The Morgan fingerprint density at radius 3 is 2.63 bits per heavy atom. The predicted molar refractivity (Wildman–Crippen MR) is 106 cm³/mol. The van der Waals surface area contributed by atoms with Crippen molar-refractivity contribution in [2.75, 3.05) is 56.2 Å². The maximum atomic E-state index is 14.8. The molecule has 164 valence electrons. The first-order chi connectivity index (χ1) is 14.3. The lowest BCUT2D eigenvalue weighted by Crippen LogP contribution is -2.48. The molecule has 0 aromatic heterocycles. The normalized spacial score (nSPS) is 19.2. The molecule has 1 N–H and O–H groups in total. The van der Waals surface area contributed by atoms with Crippen molar-refractivity contribution < 1.29 is 32.2 Å². The number of benzene rings is 1. The Morgan fingerprint density at radius 1 is 1.33 bits per heavy atom. The molecule has 2 aliphatic heterocycles. The van der Waals surface area contributed by atoms with Crippen molar-refractivity contribution in [1.29, 1.82) is 0 Å². The summed E-state index contributed by atoms with van der Waals surface area (Å²) in [5.41, 5.74) is 0.679. The maximum absolute atomic E-state index is 14.8. The standard InChI is InChI=1S/C18H21F3N4O4S/c1-28-18(30)24-6-4-23(5-7-24)14-3-2-11(8-13(14)19)25-10-12(29-17(25)27)9-22-16(26)15(20)21/h2-3,8,12,15H,4-7,9-10H2,1H3,(H,22,26)/t12-/m0/s1. The molecular formula is C18H21F3N4O4S. The van der Waals surface area contributed by atoms with E-state index in [0.717, 1.165) is 0 Å². The molecule has 3 rings (SSSR count). The van der Waals surface area contributed by atoms with Crippen LogP contribution in [-0.4, -0.2) is 81.0 Å². The van der Waals surface area contributed by atoms with E-state index in [9.17, 15) is 22.8 Å². The summed E-state index contributed by atoms with van der Waals surface area (Å²) in [6.45, 7) is 2.05. The van der Waals surface area contributed by atoms with Crippen molar-refractivity contribution in [2.24, 2.45) is 0 Å². The lowest BCUT2D eigenvalue weighted by molar-refractivity contribution is -0.132. The van der Waals surface area contributed by atoms with Gasteiger partial charge in [0.15, 0.2) is 0 Å². The van der Waals surface area contributed by atoms with E-state index in [1.54, 1.807) is 12.1 Å². The average molecular weight is 446 g/mol. The Balaban J connectivity index is 1.61. The van der Waals surface area contributed by atoms with Crippen LogP contribution in [0.5, 0.6) is 0 Å². The minimum atomic E-state index is -3.15. The molecule has 0 bridgehead atoms. The molecular weight excluding hydrogens is 425 g/mol. The number of nitrogens with zero attached hydrogens (tertiary/aromatic N) is 3. The molecule has 1 atom stereocenters. The third-order valence-corrected chi connectivity index (χ3v) is 5.30. The summed E-state index contributed by atoms with van der Waals surface area (Å²) in [4.78, 5) is 28.0. The number of carbonyl (C=O) groups is 2. The molecule has 2 fully saturated rings. The summed E-state index contributed by atoms with van der Waals surface area (Å²) in [5, 5.41) is 2.40. The largest absolute Gasteiger partial charge is 0.474 e.